The summed E-state index contributed by atoms with van der Waals surface area (Å²) < 4.78 is 12.5. The third kappa shape index (κ3) is 4.63. The fourth-order valence-electron chi connectivity index (χ4n) is 13.1. The zero-order chi connectivity index (χ0) is 44.9. The molecule has 318 valence electrons. The molecule has 4 aliphatic heterocycles. The van der Waals surface area contributed by atoms with Gasteiger partial charge in [0.15, 0.2) is 8.07 Å². The fraction of sp³-hybridized carbons (Fsp3) is 0.129. The molecule has 9 aromatic carbocycles. The number of benzene rings is 9. The molecule has 0 unspecified atom stereocenters. The first-order valence-electron chi connectivity index (χ1n) is 24.0. The second-order valence-electron chi connectivity index (χ2n) is 21.6. The highest BCUT2D eigenvalue weighted by Crippen LogP contribution is 2.46. The van der Waals surface area contributed by atoms with E-state index >= 15 is 0 Å². The van der Waals surface area contributed by atoms with E-state index in [9.17, 15) is 0 Å². The lowest BCUT2D eigenvalue weighted by atomic mass is 9.34. The molecule has 11 aromatic rings. The third-order valence-electron chi connectivity index (χ3n) is 16.0. The maximum atomic E-state index is 7.33. The first-order valence-corrected chi connectivity index (χ1v) is 26.0. The average molecular weight is 875 g/mol. The summed E-state index contributed by atoms with van der Waals surface area (Å²) >= 11 is 0. The molecule has 0 N–H and O–H groups in total. The maximum Gasteiger partial charge on any atom is 0.256 e. The Morgan fingerprint density at radius 2 is 1.00 bits per heavy atom. The van der Waals surface area contributed by atoms with Crippen molar-refractivity contribution in [3.63, 3.8) is 0 Å². The Bertz CT molecular complexity index is 3980. The molecule has 0 aliphatic carbocycles. The fourth-order valence-corrected chi connectivity index (χ4v) is 18.7. The summed E-state index contributed by atoms with van der Waals surface area (Å²) in [4.78, 5) is 0. The van der Waals surface area contributed by atoms with Crippen LogP contribution in [0.3, 0.4) is 0 Å². The van der Waals surface area contributed by atoms with Gasteiger partial charge >= 0.3 is 0 Å². The summed E-state index contributed by atoms with van der Waals surface area (Å²) in [5.41, 5.74) is 19.3. The van der Waals surface area contributed by atoms with E-state index in [0.29, 0.717) is 0 Å². The number of para-hydroxylation sites is 2. The van der Waals surface area contributed by atoms with Crippen molar-refractivity contribution < 1.29 is 4.74 Å². The van der Waals surface area contributed by atoms with Crippen LogP contribution in [0.15, 0.2) is 176 Å². The van der Waals surface area contributed by atoms with Gasteiger partial charge < -0.3 is 13.9 Å². The van der Waals surface area contributed by atoms with Gasteiger partial charge in [0.1, 0.15) is 11.5 Å². The van der Waals surface area contributed by atoms with Gasteiger partial charge in [0.2, 0.25) is 0 Å². The smallest absolute Gasteiger partial charge is 0.256 e. The number of ether oxygens (including phenoxy) is 1. The van der Waals surface area contributed by atoms with E-state index in [1.54, 1.807) is 0 Å². The summed E-state index contributed by atoms with van der Waals surface area (Å²) in [5.74, 6) is 1.92. The molecule has 67 heavy (non-hydrogen) atoms. The van der Waals surface area contributed by atoms with Crippen LogP contribution in [0, 0.1) is 0 Å². The van der Waals surface area contributed by atoms with E-state index in [-0.39, 0.29) is 17.5 Å². The second kappa shape index (κ2) is 12.6. The molecule has 0 bridgehead atoms. The Morgan fingerprint density at radius 3 is 1.64 bits per heavy atom. The van der Waals surface area contributed by atoms with Crippen LogP contribution in [0.25, 0.3) is 77.2 Å². The topological polar surface area (TPSA) is 19.1 Å². The number of hydrogen-bond donors (Lipinski definition) is 0. The Morgan fingerprint density at radius 1 is 0.433 bits per heavy atom. The maximum absolute atomic E-state index is 7.33. The van der Waals surface area contributed by atoms with Crippen molar-refractivity contribution in [2.24, 2.45) is 0 Å². The molecule has 0 amide bonds. The van der Waals surface area contributed by atoms with Crippen molar-refractivity contribution in [3.8, 4) is 45.1 Å². The summed E-state index contributed by atoms with van der Waals surface area (Å²) in [7, 11) is -2.68. The van der Waals surface area contributed by atoms with Gasteiger partial charge in [-0.1, -0.05) is 175 Å². The Hall–Kier alpha value is -7.34. The molecular formula is C62H47BN2OSi. The quantitative estimate of drug-likeness (QED) is 0.150. The van der Waals surface area contributed by atoms with Crippen molar-refractivity contribution in [3.05, 3.63) is 187 Å². The summed E-state index contributed by atoms with van der Waals surface area (Å²) in [6.07, 6.45) is 0. The molecule has 0 fully saturated rings. The van der Waals surface area contributed by atoms with Crippen molar-refractivity contribution in [2.75, 3.05) is 0 Å². The minimum Gasteiger partial charge on any atom is -0.458 e. The lowest BCUT2D eigenvalue weighted by Gasteiger charge is -2.34. The van der Waals surface area contributed by atoms with E-state index in [1.165, 1.54) is 126 Å². The highest BCUT2D eigenvalue weighted by molar-refractivity contribution is 7.24. The Kier molecular flexibility index (Phi) is 7.09. The van der Waals surface area contributed by atoms with Gasteiger partial charge in [0.25, 0.3) is 6.71 Å². The minimum atomic E-state index is -2.68. The largest absolute Gasteiger partial charge is 0.458 e. The molecule has 1 spiro atoms. The molecule has 4 aliphatic rings. The lowest BCUT2D eigenvalue weighted by Crippen LogP contribution is -2.71. The number of nitrogens with zero attached hydrogens (tertiary/aromatic N) is 2. The van der Waals surface area contributed by atoms with Crippen LogP contribution < -0.4 is 41.9 Å². The normalized spacial score (nSPS) is 14.6. The van der Waals surface area contributed by atoms with Crippen LogP contribution in [0.2, 0.25) is 0 Å². The molecule has 0 atom stereocenters. The average Bonchev–Trinajstić information content (AvgIpc) is 4.04. The molecule has 0 saturated carbocycles. The Labute approximate surface area is 392 Å². The van der Waals surface area contributed by atoms with Gasteiger partial charge in [-0.05, 0) is 124 Å². The number of aromatic nitrogens is 2. The Balaban J connectivity index is 1.07. The molecular weight excluding hydrogens is 828 g/mol. The van der Waals surface area contributed by atoms with Crippen LogP contribution in [-0.2, 0) is 10.8 Å². The van der Waals surface area contributed by atoms with Crippen molar-refractivity contribution in [1.82, 2.24) is 9.13 Å². The zero-order valence-corrected chi connectivity index (χ0v) is 39.6. The zero-order valence-electron chi connectivity index (χ0n) is 38.6. The third-order valence-corrected chi connectivity index (χ3v) is 21.0. The van der Waals surface area contributed by atoms with Crippen molar-refractivity contribution >= 4 is 95.5 Å². The van der Waals surface area contributed by atoms with Crippen LogP contribution in [-0.4, -0.2) is 23.9 Å². The summed E-state index contributed by atoms with van der Waals surface area (Å²) in [6.45, 7) is 14.0. The van der Waals surface area contributed by atoms with Gasteiger partial charge in [-0.15, -0.1) is 0 Å². The number of rotatable bonds is 1. The molecule has 0 radical (unpaired) electrons. The van der Waals surface area contributed by atoms with Gasteiger partial charge in [-0.3, -0.25) is 0 Å². The second-order valence-corrected chi connectivity index (χ2v) is 25.3. The molecule has 2 aromatic heterocycles. The molecule has 5 heteroatoms. The van der Waals surface area contributed by atoms with E-state index < -0.39 is 8.07 Å². The molecule has 0 saturated heterocycles. The van der Waals surface area contributed by atoms with Crippen LogP contribution >= 0.6 is 0 Å². The van der Waals surface area contributed by atoms with Gasteiger partial charge in [0.05, 0.1) is 22.1 Å². The van der Waals surface area contributed by atoms with E-state index in [2.05, 4.69) is 227 Å². The monoisotopic (exact) mass is 874 g/mol. The SMILES string of the molecule is CC(C)(C)c1cc(-n2c3ccccc3c3cc4c5c(c6ccccc6n5-c5cccc6c5B4c4cc5c(cc4O6)[Si]4(c6ccccc6-c6ccccc64)c4ccccc4-5)c32)cc(C(C)(C)C)c1. The van der Waals surface area contributed by atoms with E-state index in [0.717, 1.165) is 11.5 Å². The standard InChI is InChI=1S/C62H47BN2OSi/c1-61(2,3)36-30-37(62(4,5)6)32-38(31-36)64-48-23-12-7-18-39(48)45-34-47-60-57(59(45)64)43-22-8-13-24-49(43)65(60)50-25-17-26-51-58(50)63(47)46-33-44-42-21-11-16-29-55(42)67(56(44)35-52(46)66-51)53-27-14-9-19-40(53)41-20-10-15-28-54(41)67/h7-35H,1-6H3. The highest BCUT2D eigenvalue weighted by Gasteiger charge is 2.55. The van der Waals surface area contributed by atoms with E-state index in [4.69, 9.17) is 4.74 Å². The highest BCUT2D eigenvalue weighted by atomic mass is 28.3. The predicted octanol–water partition coefficient (Wildman–Crippen LogP) is 10.7. The number of fused-ring (bicyclic) bond motifs is 21. The van der Waals surface area contributed by atoms with Crippen molar-refractivity contribution in [1.29, 1.82) is 0 Å². The first kappa shape index (κ1) is 37.8. The summed E-state index contributed by atoms with van der Waals surface area (Å²) in [6, 6.07) is 67.6. The summed E-state index contributed by atoms with van der Waals surface area (Å²) in [5, 5.41) is 11.0. The van der Waals surface area contributed by atoms with Gasteiger partial charge in [-0.2, -0.15) is 0 Å². The van der Waals surface area contributed by atoms with Crippen LogP contribution in [0.4, 0.5) is 0 Å². The first-order chi connectivity index (χ1) is 32.5. The van der Waals surface area contributed by atoms with Gasteiger partial charge in [-0.25, -0.2) is 0 Å². The van der Waals surface area contributed by atoms with E-state index in [1.807, 2.05) is 0 Å². The number of hydrogen-bond acceptors (Lipinski definition) is 1. The predicted molar refractivity (Wildman–Crippen MR) is 285 cm³/mol. The minimum absolute atomic E-state index is 0.0284. The van der Waals surface area contributed by atoms with Crippen LogP contribution in [0.5, 0.6) is 11.5 Å². The molecule has 6 heterocycles. The van der Waals surface area contributed by atoms with Crippen molar-refractivity contribution in [2.45, 2.75) is 52.4 Å². The van der Waals surface area contributed by atoms with Crippen LogP contribution in [0.1, 0.15) is 52.7 Å². The lowest BCUT2D eigenvalue weighted by molar-refractivity contribution is 0.487. The molecule has 15 rings (SSSR count). The van der Waals surface area contributed by atoms with Gasteiger partial charge in [0, 0.05) is 32.9 Å². The molecule has 3 nitrogen and oxygen atoms in total.